The zero-order valence-electron chi connectivity index (χ0n) is 13.0. The van der Waals surface area contributed by atoms with Crippen LogP contribution in [0.15, 0.2) is 24.3 Å². The Hall–Kier alpha value is -2.24. The van der Waals surface area contributed by atoms with Crippen molar-refractivity contribution in [1.82, 2.24) is 10.2 Å². The van der Waals surface area contributed by atoms with E-state index in [0.29, 0.717) is 6.42 Å². The number of ketones is 1. The third-order valence-corrected chi connectivity index (χ3v) is 4.95. The molecule has 1 heterocycles. The van der Waals surface area contributed by atoms with E-state index >= 15 is 0 Å². The average molecular weight is 318 g/mol. The molecule has 0 radical (unpaired) electrons. The molecule has 1 aromatic rings. The molecule has 2 fully saturated rings. The Labute approximate surface area is 133 Å². The molecule has 3 amide bonds. The number of carbonyl (C=O) groups is 3. The highest BCUT2D eigenvalue weighted by molar-refractivity contribution is 6.11. The summed E-state index contributed by atoms with van der Waals surface area (Å²) in [6, 6.07) is 4.72. The second-order valence-electron chi connectivity index (χ2n) is 6.37. The normalized spacial score (nSPS) is 27.4. The molecular formula is C17H19FN2O3. The Morgan fingerprint density at radius 3 is 2.87 bits per heavy atom. The van der Waals surface area contributed by atoms with Gasteiger partial charge < -0.3 is 5.32 Å². The fourth-order valence-electron chi connectivity index (χ4n) is 3.54. The molecule has 2 aliphatic rings. The zero-order chi connectivity index (χ0) is 16.6. The quantitative estimate of drug-likeness (QED) is 0.688. The molecule has 1 N–H and O–H groups in total. The maximum atomic E-state index is 13.2. The van der Waals surface area contributed by atoms with Crippen molar-refractivity contribution >= 4 is 17.7 Å². The number of halogens is 1. The van der Waals surface area contributed by atoms with Gasteiger partial charge in [-0.3, -0.25) is 14.5 Å². The van der Waals surface area contributed by atoms with Gasteiger partial charge in [-0.05, 0) is 30.9 Å². The van der Waals surface area contributed by atoms with Gasteiger partial charge in [-0.1, -0.05) is 31.9 Å². The molecular weight excluding hydrogens is 299 g/mol. The SMILES string of the molecule is C[C@H]1CCCC[C@]12NC(=O)N(CC(=O)c1cccc(F)c1)C2=O. The molecule has 1 saturated heterocycles. The summed E-state index contributed by atoms with van der Waals surface area (Å²) in [5, 5.41) is 2.80. The molecule has 1 spiro atoms. The van der Waals surface area contributed by atoms with Crippen molar-refractivity contribution in [3.63, 3.8) is 0 Å². The van der Waals surface area contributed by atoms with Crippen LogP contribution < -0.4 is 5.32 Å². The zero-order valence-corrected chi connectivity index (χ0v) is 13.0. The van der Waals surface area contributed by atoms with Gasteiger partial charge in [0.1, 0.15) is 11.4 Å². The first-order chi connectivity index (χ1) is 10.9. The van der Waals surface area contributed by atoms with Gasteiger partial charge in [-0.15, -0.1) is 0 Å². The predicted molar refractivity (Wildman–Crippen MR) is 81.3 cm³/mol. The molecule has 6 heteroatoms. The largest absolute Gasteiger partial charge is 0.325 e. The number of imide groups is 1. The smallest absolute Gasteiger partial charge is 0.323 e. The van der Waals surface area contributed by atoms with Crippen LogP contribution in [0, 0.1) is 11.7 Å². The van der Waals surface area contributed by atoms with Gasteiger partial charge in [-0.25, -0.2) is 9.18 Å². The minimum Gasteiger partial charge on any atom is -0.323 e. The van der Waals surface area contributed by atoms with Gasteiger partial charge in [0.25, 0.3) is 5.91 Å². The van der Waals surface area contributed by atoms with Crippen LogP contribution in [0.3, 0.4) is 0 Å². The van der Waals surface area contributed by atoms with E-state index in [0.717, 1.165) is 30.2 Å². The second-order valence-corrected chi connectivity index (χ2v) is 6.37. The summed E-state index contributed by atoms with van der Waals surface area (Å²) in [7, 11) is 0. The van der Waals surface area contributed by atoms with Crippen molar-refractivity contribution in [2.45, 2.75) is 38.1 Å². The predicted octanol–water partition coefficient (Wildman–Crippen LogP) is 2.51. The van der Waals surface area contributed by atoms with E-state index in [-0.39, 0.29) is 23.9 Å². The molecule has 5 nitrogen and oxygen atoms in total. The summed E-state index contributed by atoms with van der Waals surface area (Å²) >= 11 is 0. The fraction of sp³-hybridized carbons (Fsp3) is 0.471. The molecule has 2 atom stereocenters. The molecule has 122 valence electrons. The van der Waals surface area contributed by atoms with E-state index in [1.807, 2.05) is 6.92 Å². The minimum atomic E-state index is -0.877. The molecule has 1 saturated carbocycles. The van der Waals surface area contributed by atoms with Gasteiger partial charge in [0.05, 0.1) is 6.54 Å². The van der Waals surface area contributed by atoms with Crippen LogP contribution in [-0.2, 0) is 4.79 Å². The molecule has 1 aliphatic carbocycles. The lowest BCUT2D eigenvalue weighted by molar-refractivity contribution is -0.133. The van der Waals surface area contributed by atoms with E-state index < -0.39 is 23.2 Å². The number of urea groups is 1. The van der Waals surface area contributed by atoms with Gasteiger partial charge in [-0.2, -0.15) is 0 Å². The first-order valence-electron chi connectivity index (χ1n) is 7.87. The number of carbonyl (C=O) groups excluding carboxylic acids is 3. The van der Waals surface area contributed by atoms with Crippen LogP contribution in [0.1, 0.15) is 43.0 Å². The van der Waals surface area contributed by atoms with Crippen LogP contribution in [0.4, 0.5) is 9.18 Å². The van der Waals surface area contributed by atoms with Crippen LogP contribution in [0.5, 0.6) is 0 Å². The second kappa shape index (κ2) is 5.76. The van der Waals surface area contributed by atoms with Gasteiger partial charge >= 0.3 is 6.03 Å². The highest BCUT2D eigenvalue weighted by Gasteiger charge is 2.55. The number of amides is 3. The third-order valence-electron chi connectivity index (χ3n) is 4.95. The van der Waals surface area contributed by atoms with Crippen molar-refractivity contribution in [2.75, 3.05) is 6.54 Å². The highest BCUT2D eigenvalue weighted by Crippen LogP contribution is 2.38. The Balaban J connectivity index is 1.79. The highest BCUT2D eigenvalue weighted by atomic mass is 19.1. The molecule has 0 unspecified atom stereocenters. The number of nitrogens with one attached hydrogen (secondary N) is 1. The molecule has 0 bridgehead atoms. The lowest BCUT2D eigenvalue weighted by Crippen LogP contribution is -2.54. The lowest BCUT2D eigenvalue weighted by atomic mass is 9.73. The van der Waals surface area contributed by atoms with Crippen molar-refractivity contribution in [2.24, 2.45) is 5.92 Å². The van der Waals surface area contributed by atoms with Crippen molar-refractivity contribution in [3.05, 3.63) is 35.6 Å². The number of benzene rings is 1. The Morgan fingerprint density at radius 1 is 1.39 bits per heavy atom. The summed E-state index contributed by atoms with van der Waals surface area (Å²) in [4.78, 5) is 38.2. The third kappa shape index (κ3) is 2.62. The maximum absolute atomic E-state index is 13.2. The molecule has 1 aliphatic heterocycles. The van der Waals surface area contributed by atoms with Crippen molar-refractivity contribution in [1.29, 1.82) is 0 Å². The molecule has 1 aromatic carbocycles. The minimum absolute atomic E-state index is 0.0435. The number of hydrogen-bond donors (Lipinski definition) is 1. The van der Waals surface area contributed by atoms with Crippen molar-refractivity contribution in [3.8, 4) is 0 Å². The van der Waals surface area contributed by atoms with Crippen LogP contribution >= 0.6 is 0 Å². The molecule has 0 aromatic heterocycles. The Kier molecular flexibility index (Phi) is 3.92. The summed E-state index contributed by atoms with van der Waals surface area (Å²) in [6.45, 7) is 1.60. The van der Waals surface area contributed by atoms with E-state index in [2.05, 4.69) is 5.32 Å². The fourth-order valence-corrected chi connectivity index (χ4v) is 3.54. The van der Waals surface area contributed by atoms with E-state index in [9.17, 15) is 18.8 Å². The number of rotatable bonds is 3. The number of hydrogen-bond acceptors (Lipinski definition) is 3. The first-order valence-corrected chi connectivity index (χ1v) is 7.87. The first kappa shape index (κ1) is 15.6. The number of Topliss-reactive ketones (excluding diaryl/α,β-unsaturated/α-hetero) is 1. The topological polar surface area (TPSA) is 66.5 Å². The van der Waals surface area contributed by atoms with E-state index in [1.165, 1.54) is 18.2 Å². The summed E-state index contributed by atoms with van der Waals surface area (Å²) in [5.41, 5.74) is -0.722. The monoisotopic (exact) mass is 318 g/mol. The van der Waals surface area contributed by atoms with Gasteiger partial charge in [0.2, 0.25) is 0 Å². The Morgan fingerprint density at radius 2 is 2.17 bits per heavy atom. The number of nitrogens with zero attached hydrogens (tertiary/aromatic N) is 1. The van der Waals surface area contributed by atoms with Gasteiger partial charge in [0, 0.05) is 5.56 Å². The summed E-state index contributed by atoms with van der Waals surface area (Å²) < 4.78 is 13.2. The van der Waals surface area contributed by atoms with Crippen molar-refractivity contribution < 1.29 is 18.8 Å². The van der Waals surface area contributed by atoms with Crippen LogP contribution in [0.25, 0.3) is 0 Å². The lowest BCUT2D eigenvalue weighted by Gasteiger charge is -2.36. The van der Waals surface area contributed by atoms with E-state index in [4.69, 9.17) is 0 Å². The molecule has 3 rings (SSSR count). The van der Waals surface area contributed by atoms with Gasteiger partial charge in [0.15, 0.2) is 5.78 Å². The standard InChI is InChI=1S/C17H19FN2O3/c1-11-5-2-3-8-17(11)15(22)20(16(23)19-17)10-14(21)12-6-4-7-13(18)9-12/h4,6-7,9,11H,2-3,5,8,10H2,1H3,(H,19,23)/t11-,17-/m0/s1. The maximum Gasteiger partial charge on any atom is 0.325 e. The van der Waals surface area contributed by atoms with Crippen LogP contribution in [-0.4, -0.2) is 34.7 Å². The average Bonchev–Trinajstić information content (AvgIpc) is 2.75. The Bertz CT molecular complexity index is 676. The molecule has 23 heavy (non-hydrogen) atoms. The van der Waals surface area contributed by atoms with E-state index in [1.54, 1.807) is 0 Å². The van der Waals surface area contributed by atoms with Crippen LogP contribution in [0.2, 0.25) is 0 Å². The summed E-state index contributed by atoms with van der Waals surface area (Å²) in [6.07, 6.45) is 3.39. The summed E-state index contributed by atoms with van der Waals surface area (Å²) in [5.74, 6) is -1.26.